The van der Waals surface area contributed by atoms with Gasteiger partial charge in [0.1, 0.15) is 0 Å². The largest absolute Gasteiger partial charge is 0.493 e. The van der Waals surface area contributed by atoms with Crippen LogP contribution in [0.1, 0.15) is 25.8 Å². The Balaban J connectivity index is 1.64. The van der Waals surface area contributed by atoms with Gasteiger partial charge in [-0.2, -0.15) is 4.98 Å². The van der Waals surface area contributed by atoms with Gasteiger partial charge in [0.05, 0.1) is 14.2 Å². The second-order valence-electron chi connectivity index (χ2n) is 6.80. The van der Waals surface area contributed by atoms with Gasteiger partial charge in [0.2, 0.25) is 0 Å². The third-order valence-electron chi connectivity index (χ3n) is 4.97. The van der Waals surface area contributed by atoms with E-state index >= 15 is 0 Å². The highest BCUT2D eigenvalue weighted by atomic mass is 16.6. The minimum Gasteiger partial charge on any atom is -0.493 e. The predicted octanol–water partition coefficient (Wildman–Crippen LogP) is 4.43. The third-order valence-corrected chi connectivity index (χ3v) is 4.97. The molecule has 0 fully saturated rings. The van der Waals surface area contributed by atoms with E-state index in [1.54, 1.807) is 14.2 Å². The van der Waals surface area contributed by atoms with E-state index < -0.39 is 0 Å². The number of benzene rings is 2. The molecule has 3 rings (SSSR count). The summed E-state index contributed by atoms with van der Waals surface area (Å²) in [7, 11) is 3.29. The lowest BCUT2D eigenvalue weighted by Gasteiger charge is -2.29. The average Bonchev–Trinajstić information content (AvgIpc) is 3.27. The minimum atomic E-state index is -0.142. The van der Waals surface area contributed by atoms with Gasteiger partial charge in [-0.1, -0.05) is 38.1 Å². The van der Waals surface area contributed by atoms with Crippen molar-refractivity contribution in [1.29, 1.82) is 0 Å². The average molecular weight is 412 g/mol. The van der Waals surface area contributed by atoms with E-state index in [0.29, 0.717) is 5.89 Å². The fraction of sp³-hybridized carbons (Fsp3) is 0.391. The van der Waals surface area contributed by atoms with Crippen LogP contribution in [0.15, 0.2) is 53.1 Å². The summed E-state index contributed by atoms with van der Waals surface area (Å²) in [4.78, 5) is 6.65. The highest BCUT2D eigenvalue weighted by molar-refractivity contribution is 5.52. The van der Waals surface area contributed by atoms with Gasteiger partial charge in [-0.05, 0) is 54.4 Å². The number of hydrogen-bond donors (Lipinski definition) is 0. The Labute approximate surface area is 177 Å². The van der Waals surface area contributed by atoms with Crippen LogP contribution in [0.2, 0.25) is 0 Å². The smallest absolute Gasteiger partial charge is 0.356 e. The second-order valence-corrected chi connectivity index (χ2v) is 6.80. The molecule has 0 aliphatic heterocycles. The number of nitrogens with zero attached hydrogens (tertiary/aromatic N) is 3. The molecule has 3 aromatic rings. The zero-order valence-corrected chi connectivity index (χ0v) is 18.0. The van der Waals surface area contributed by atoms with Gasteiger partial charge in [-0.15, -0.1) is 0 Å². The summed E-state index contributed by atoms with van der Waals surface area (Å²) in [5.41, 5.74) is 2.04. The molecular formula is C23H29N3O4. The van der Waals surface area contributed by atoms with Crippen molar-refractivity contribution >= 4 is 0 Å². The zero-order valence-electron chi connectivity index (χ0n) is 18.0. The van der Waals surface area contributed by atoms with Gasteiger partial charge in [0.25, 0.3) is 5.89 Å². The highest BCUT2D eigenvalue weighted by Gasteiger charge is 2.20. The molecule has 0 aliphatic carbocycles. The van der Waals surface area contributed by atoms with E-state index in [1.807, 2.05) is 42.5 Å². The number of aromatic nitrogens is 2. The normalized spacial score (nSPS) is 12.0. The van der Waals surface area contributed by atoms with Crippen LogP contribution in [0.3, 0.4) is 0 Å². The van der Waals surface area contributed by atoms with Crippen molar-refractivity contribution in [3.8, 4) is 29.0 Å². The molecule has 0 spiro atoms. The van der Waals surface area contributed by atoms with Crippen LogP contribution < -0.4 is 14.2 Å². The van der Waals surface area contributed by atoms with Crippen LogP contribution in [0.5, 0.6) is 17.5 Å². The van der Waals surface area contributed by atoms with Crippen molar-refractivity contribution in [3.63, 3.8) is 0 Å². The van der Waals surface area contributed by atoms with E-state index in [4.69, 9.17) is 18.7 Å². The Kier molecular flexibility index (Phi) is 7.68. The molecule has 160 valence electrons. The Hall–Kier alpha value is -3.06. The Morgan fingerprint density at radius 3 is 2.43 bits per heavy atom. The first-order valence-electron chi connectivity index (χ1n) is 10.2. The third kappa shape index (κ3) is 5.30. The maximum atomic E-state index is 6.05. The van der Waals surface area contributed by atoms with E-state index in [-0.39, 0.29) is 12.2 Å². The van der Waals surface area contributed by atoms with Gasteiger partial charge >= 0.3 is 6.01 Å². The summed E-state index contributed by atoms with van der Waals surface area (Å²) in [6.45, 7) is 5.87. The number of methoxy groups -OCH3 is 2. The van der Waals surface area contributed by atoms with Crippen LogP contribution in [0, 0.1) is 0 Å². The SMILES string of the molecule is CCC(Oc1noc(-c2ccccc2)n1)N(CC)CCc1ccc(OC)c(OC)c1. The van der Waals surface area contributed by atoms with Gasteiger partial charge in [-0.3, -0.25) is 4.90 Å². The first-order valence-corrected chi connectivity index (χ1v) is 10.2. The summed E-state index contributed by atoms with van der Waals surface area (Å²) in [5.74, 6) is 1.92. The number of ether oxygens (including phenoxy) is 3. The van der Waals surface area contributed by atoms with Crippen molar-refractivity contribution in [2.45, 2.75) is 32.9 Å². The lowest BCUT2D eigenvalue weighted by molar-refractivity contribution is 0.0177. The standard InChI is InChI=1S/C23H29N3O4/c1-5-21(29-23-24-22(30-25-23)18-10-8-7-9-11-18)26(6-2)15-14-17-12-13-19(27-3)20(16-17)28-4/h7-13,16,21H,5-6,14-15H2,1-4H3. The molecule has 0 amide bonds. The molecule has 1 aromatic heterocycles. The van der Waals surface area contributed by atoms with Gasteiger partial charge < -0.3 is 18.7 Å². The maximum Gasteiger partial charge on any atom is 0.356 e. The maximum absolute atomic E-state index is 6.05. The molecule has 0 bridgehead atoms. The lowest BCUT2D eigenvalue weighted by atomic mass is 10.1. The van der Waals surface area contributed by atoms with E-state index in [1.165, 1.54) is 5.56 Å². The monoisotopic (exact) mass is 411 g/mol. The minimum absolute atomic E-state index is 0.142. The molecular weight excluding hydrogens is 382 g/mol. The topological polar surface area (TPSA) is 69.9 Å². The van der Waals surface area contributed by atoms with Crippen LogP contribution in [-0.4, -0.2) is 48.6 Å². The number of rotatable bonds is 11. The van der Waals surface area contributed by atoms with Crippen LogP contribution in [0.25, 0.3) is 11.5 Å². The molecule has 1 atom stereocenters. The zero-order chi connectivity index (χ0) is 21.3. The summed E-state index contributed by atoms with van der Waals surface area (Å²) >= 11 is 0. The van der Waals surface area contributed by atoms with Crippen molar-refractivity contribution < 1.29 is 18.7 Å². The quantitative estimate of drug-likeness (QED) is 0.432. The van der Waals surface area contributed by atoms with Crippen LogP contribution in [-0.2, 0) is 6.42 Å². The van der Waals surface area contributed by atoms with Crippen LogP contribution in [0.4, 0.5) is 0 Å². The fourth-order valence-electron chi connectivity index (χ4n) is 3.31. The molecule has 30 heavy (non-hydrogen) atoms. The first-order chi connectivity index (χ1) is 14.7. The van der Waals surface area contributed by atoms with Crippen molar-refractivity contribution in [1.82, 2.24) is 15.0 Å². The summed E-state index contributed by atoms with van der Waals surface area (Å²) < 4.78 is 22.1. The molecule has 0 saturated heterocycles. The Morgan fingerprint density at radius 2 is 1.77 bits per heavy atom. The molecule has 7 heteroatoms. The predicted molar refractivity (Wildman–Crippen MR) is 115 cm³/mol. The molecule has 7 nitrogen and oxygen atoms in total. The lowest BCUT2D eigenvalue weighted by Crippen LogP contribution is -2.40. The highest BCUT2D eigenvalue weighted by Crippen LogP contribution is 2.28. The summed E-state index contributed by atoms with van der Waals surface area (Å²) in [5, 5.41) is 3.99. The fourth-order valence-corrected chi connectivity index (χ4v) is 3.31. The van der Waals surface area contributed by atoms with Crippen molar-refractivity contribution in [3.05, 3.63) is 54.1 Å². The number of likely N-dealkylation sites (N-methyl/N-ethyl adjacent to an activating group) is 1. The molecule has 1 heterocycles. The van der Waals surface area contributed by atoms with E-state index in [9.17, 15) is 0 Å². The molecule has 0 saturated carbocycles. The second kappa shape index (κ2) is 10.6. The van der Waals surface area contributed by atoms with Gasteiger partial charge in [-0.25, -0.2) is 0 Å². The summed E-state index contributed by atoms with van der Waals surface area (Å²) in [6.07, 6.45) is 1.52. The molecule has 0 radical (unpaired) electrons. The van der Waals surface area contributed by atoms with Gasteiger partial charge in [0.15, 0.2) is 17.7 Å². The van der Waals surface area contributed by atoms with E-state index in [2.05, 4.69) is 35.0 Å². The molecule has 0 aliphatic rings. The Bertz CT molecular complexity index is 914. The first kappa shape index (κ1) is 21.6. The molecule has 0 N–H and O–H groups in total. The van der Waals surface area contributed by atoms with Crippen molar-refractivity contribution in [2.24, 2.45) is 0 Å². The molecule has 2 aromatic carbocycles. The molecule has 1 unspecified atom stereocenters. The summed E-state index contributed by atoms with van der Waals surface area (Å²) in [6, 6.07) is 15.9. The number of hydrogen-bond acceptors (Lipinski definition) is 7. The van der Waals surface area contributed by atoms with Gasteiger partial charge in [0, 0.05) is 12.1 Å². The van der Waals surface area contributed by atoms with E-state index in [0.717, 1.165) is 43.0 Å². The van der Waals surface area contributed by atoms with Crippen LogP contribution >= 0.6 is 0 Å². The van der Waals surface area contributed by atoms with Crippen molar-refractivity contribution in [2.75, 3.05) is 27.3 Å². The Morgan fingerprint density at radius 1 is 1.00 bits per heavy atom.